The molecule has 0 aliphatic carbocycles. The van der Waals surface area contributed by atoms with Crippen LogP contribution in [0.3, 0.4) is 0 Å². The molecule has 0 radical (unpaired) electrons. The predicted octanol–water partition coefficient (Wildman–Crippen LogP) is 4.90. The van der Waals surface area contributed by atoms with Gasteiger partial charge in [0.2, 0.25) is 10.0 Å². The Balaban J connectivity index is 1.52. The van der Waals surface area contributed by atoms with Gasteiger partial charge in [0, 0.05) is 41.4 Å². The minimum absolute atomic E-state index is 0.200. The molecule has 4 rings (SSSR count). The second-order valence-electron chi connectivity index (χ2n) is 7.72. The van der Waals surface area contributed by atoms with Crippen molar-refractivity contribution in [2.75, 3.05) is 25.1 Å². The summed E-state index contributed by atoms with van der Waals surface area (Å²) >= 11 is 15.2. The number of nitrogens with zero attached hydrogens (tertiary/aromatic N) is 3. The third-order valence-electron chi connectivity index (χ3n) is 5.62. The molecule has 11 heteroatoms. The van der Waals surface area contributed by atoms with Crippen molar-refractivity contribution in [1.29, 1.82) is 0 Å². The molecule has 1 aliphatic rings. The fourth-order valence-corrected chi connectivity index (χ4v) is 7.11. The third kappa shape index (κ3) is 5.49. The Kier molecular flexibility index (Phi) is 7.87. The maximum atomic E-state index is 13.0. The third-order valence-corrected chi connectivity index (χ3v) is 9.66. The van der Waals surface area contributed by atoms with Gasteiger partial charge in [-0.05, 0) is 61.6 Å². The second kappa shape index (κ2) is 10.5. The molecule has 1 aliphatic heterocycles. The van der Waals surface area contributed by atoms with Gasteiger partial charge in [-0.15, -0.1) is 0 Å². The van der Waals surface area contributed by atoms with Crippen LogP contribution in [-0.4, -0.2) is 48.3 Å². The van der Waals surface area contributed by atoms with Crippen LogP contribution in [0, 0.1) is 5.92 Å². The summed E-state index contributed by atoms with van der Waals surface area (Å²) in [6, 6.07) is 11.8. The number of thioether (sulfide) groups is 1. The number of hydrogen-bond donors (Lipinski definition) is 0. The monoisotopic (exact) mass is 543 g/mol. The van der Waals surface area contributed by atoms with E-state index < -0.39 is 10.0 Å². The molecule has 0 atom stereocenters. The van der Waals surface area contributed by atoms with Crippen LogP contribution >= 0.6 is 46.3 Å². The summed E-state index contributed by atoms with van der Waals surface area (Å²) in [5, 5.41) is 1.13. The fraction of sp³-hybridized carbons (Fsp3) is 0.364. The Morgan fingerprint density at radius 2 is 1.79 bits per heavy atom. The van der Waals surface area contributed by atoms with E-state index in [1.165, 1.54) is 27.8 Å². The van der Waals surface area contributed by atoms with Gasteiger partial charge >= 0.3 is 0 Å². The molecule has 3 aromatic rings. The summed E-state index contributed by atoms with van der Waals surface area (Å²) < 4.78 is 30.3. The number of piperidine rings is 1. The molecular weight excluding hydrogens is 521 g/mol. The van der Waals surface area contributed by atoms with Gasteiger partial charge in [0.25, 0.3) is 5.91 Å². The van der Waals surface area contributed by atoms with E-state index in [0.717, 1.165) is 22.5 Å². The van der Waals surface area contributed by atoms with Crippen molar-refractivity contribution in [3.05, 3.63) is 57.3 Å². The second-order valence-corrected chi connectivity index (χ2v) is 12.5. The summed E-state index contributed by atoms with van der Waals surface area (Å²) in [4.78, 5) is 18.3. The Labute approximate surface area is 211 Å². The van der Waals surface area contributed by atoms with Gasteiger partial charge in [-0.3, -0.25) is 4.79 Å². The van der Waals surface area contributed by atoms with Gasteiger partial charge < -0.3 is 4.57 Å². The highest BCUT2D eigenvalue weighted by atomic mass is 35.5. The van der Waals surface area contributed by atoms with E-state index in [1.807, 2.05) is 24.5 Å². The molecule has 2 heterocycles. The lowest BCUT2D eigenvalue weighted by molar-refractivity contribution is -0.122. The number of aryl methyl sites for hydroxylation is 1. The lowest BCUT2D eigenvalue weighted by Gasteiger charge is -2.29. The molecule has 1 saturated heterocycles. The van der Waals surface area contributed by atoms with E-state index in [2.05, 4.69) is 9.56 Å². The SMILES string of the molecule is CSCCn1c(=NC(=O)C2CCN(S(=O)(=O)c3ccc(Cl)cc3)CC2)sc2cc(Cl)ccc21. The van der Waals surface area contributed by atoms with Crippen LogP contribution in [-0.2, 0) is 21.4 Å². The van der Waals surface area contributed by atoms with Crippen molar-refractivity contribution in [3.8, 4) is 0 Å². The van der Waals surface area contributed by atoms with Gasteiger partial charge in [-0.1, -0.05) is 34.5 Å². The van der Waals surface area contributed by atoms with Crippen molar-refractivity contribution < 1.29 is 13.2 Å². The summed E-state index contributed by atoms with van der Waals surface area (Å²) in [5.74, 6) is 0.398. The summed E-state index contributed by atoms with van der Waals surface area (Å²) in [5.41, 5.74) is 1.01. The molecule has 1 amide bonds. The van der Waals surface area contributed by atoms with E-state index in [1.54, 1.807) is 23.9 Å². The van der Waals surface area contributed by atoms with Crippen LogP contribution < -0.4 is 4.80 Å². The smallest absolute Gasteiger partial charge is 0.251 e. The minimum atomic E-state index is -3.61. The molecule has 176 valence electrons. The van der Waals surface area contributed by atoms with Gasteiger partial charge in [0.05, 0.1) is 15.1 Å². The number of fused-ring (bicyclic) bond motifs is 1. The number of carbonyl (C=O) groups is 1. The lowest BCUT2D eigenvalue weighted by Crippen LogP contribution is -2.40. The topological polar surface area (TPSA) is 71.7 Å². The van der Waals surface area contributed by atoms with E-state index in [0.29, 0.717) is 27.7 Å². The number of benzene rings is 2. The number of hydrogen-bond acceptors (Lipinski definition) is 5. The maximum absolute atomic E-state index is 13.0. The molecule has 0 spiro atoms. The number of carbonyl (C=O) groups excluding carboxylic acids is 1. The first-order valence-corrected chi connectivity index (χ1v) is 14.8. The van der Waals surface area contributed by atoms with Gasteiger partial charge in [0.1, 0.15) is 0 Å². The van der Waals surface area contributed by atoms with Crippen LogP contribution in [0.15, 0.2) is 52.4 Å². The first-order chi connectivity index (χ1) is 15.8. The van der Waals surface area contributed by atoms with E-state index >= 15 is 0 Å². The Morgan fingerprint density at radius 3 is 2.45 bits per heavy atom. The Hall–Kier alpha value is -1.36. The summed E-state index contributed by atoms with van der Waals surface area (Å²) in [6.45, 7) is 1.31. The molecule has 1 aromatic heterocycles. The predicted molar refractivity (Wildman–Crippen MR) is 137 cm³/mol. The van der Waals surface area contributed by atoms with Crippen molar-refractivity contribution in [2.45, 2.75) is 24.3 Å². The maximum Gasteiger partial charge on any atom is 0.251 e. The van der Waals surface area contributed by atoms with Crippen LogP contribution in [0.25, 0.3) is 10.2 Å². The van der Waals surface area contributed by atoms with Crippen LogP contribution in [0.4, 0.5) is 0 Å². The normalized spacial score (nSPS) is 16.5. The Bertz CT molecular complexity index is 1330. The molecule has 0 bridgehead atoms. The Morgan fingerprint density at radius 1 is 1.12 bits per heavy atom. The highest BCUT2D eigenvalue weighted by Gasteiger charge is 2.32. The molecular formula is C22H23Cl2N3O3S3. The first kappa shape index (κ1) is 24.8. The van der Waals surface area contributed by atoms with E-state index in [9.17, 15) is 13.2 Å². The average Bonchev–Trinajstić information content (AvgIpc) is 3.13. The largest absolute Gasteiger partial charge is 0.316 e. The number of rotatable bonds is 6. The van der Waals surface area contributed by atoms with Crippen LogP contribution in [0.2, 0.25) is 10.0 Å². The standard InChI is InChI=1S/C22H23Cl2N3O3S3/c1-31-13-12-27-19-7-4-17(24)14-20(19)32-22(27)25-21(28)15-8-10-26(11-9-15)33(29,30)18-5-2-16(23)3-6-18/h2-7,14-15H,8-13H2,1H3. The van der Waals surface area contributed by atoms with Crippen molar-refractivity contribution in [2.24, 2.45) is 10.9 Å². The minimum Gasteiger partial charge on any atom is -0.316 e. The zero-order valence-corrected chi connectivity index (χ0v) is 21.9. The summed E-state index contributed by atoms with van der Waals surface area (Å²) in [7, 11) is -3.61. The zero-order chi connectivity index (χ0) is 23.6. The number of thiazole rings is 1. The lowest BCUT2D eigenvalue weighted by atomic mass is 9.98. The quantitative estimate of drug-likeness (QED) is 0.443. The molecule has 6 nitrogen and oxygen atoms in total. The number of sulfonamides is 1. The molecule has 33 heavy (non-hydrogen) atoms. The van der Waals surface area contributed by atoms with Crippen LogP contribution in [0.1, 0.15) is 12.8 Å². The van der Waals surface area contributed by atoms with Crippen molar-refractivity contribution >= 4 is 72.4 Å². The highest BCUT2D eigenvalue weighted by Crippen LogP contribution is 2.26. The van der Waals surface area contributed by atoms with Crippen LogP contribution in [0.5, 0.6) is 0 Å². The number of halogens is 2. The number of aromatic nitrogens is 1. The molecule has 0 saturated carbocycles. The van der Waals surface area contributed by atoms with Gasteiger partial charge in [-0.2, -0.15) is 21.1 Å². The fourth-order valence-electron chi connectivity index (χ4n) is 3.82. The summed E-state index contributed by atoms with van der Waals surface area (Å²) in [6.07, 6.45) is 2.92. The average molecular weight is 545 g/mol. The first-order valence-electron chi connectivity index (χ1n) is 10.4. The van der Waals surface area contributed by atoms with Crippen molar-refractivity contribution in [1.82, 2.24) is 8.87 Å². The highest BCUT2D eigenvalue weighted by molar-refractivity contribution is 7.98. The van der Waals surface area contributed by atoms with E-state index in [-0.39, 0.29) is 29.8 Å². The zero-order valence-electron chi connectivity index (χ0n) is 17.9. The molecule has 2 aromatic carbocycles. The van der Waals surface area contributed by atoms with Gasteiger partial charge in [0.15, 0.2) is 4.80 Å². The molecule has 1 fully saturated rings. The van der Waals surface area contributed by atoms with Crippen molar-refractivity contribution in [3.63, 3.8) is 0 Å². The van der Waals surface area contributed by atoms with Gasteiger partial charge in [-0.25, -0.2) is 8.42 Å². The molecule has 0 N–H and O–H groups in total. The number of amides is 1. The van der Waals surface area contributed by atoms with E-state index in [4.69, 9.17) is 23.2 Å². The molecule has 0 unspecified atom stereocenters.